The lowest BCUT2D eigenvalue weighted by atomic mass is 9.89. The Labute approximate surface area is 75.8 Å². The van der Waals surface area contributed by atoms with Gasteiger partial charge < -0.3 is 5.32 Å². The average Bonchev–Trinajstić information content (AvgIpc) is 2.06. The van der Waals surface area contributed by atoms with Crippen molar-refractivity contribution in [3.63, 3.8) is 0 Å². The molecule has 2 rings (SSSR count). The number of rotatable bonds is 0. The maximum absolute atomic E-state index is 13.8. The minimum absolute atomic E-state index is 0.253. The van der Waals surface area contributed by atoms with Crippen LogP contribution in [0.5, 0.6) is 0 Å². The van der Waals surface area contributed by atoms with E-state index < -0.39 is 5.67 Å². The molecule has 1 aliphatic heterocycles. The smallest absolute Gasteiger partial charge is 0.146 e. The monoisotopic (exact) mass is 183 g/mol. The molecule has 1 aromatic carbocycles. The van der Waals surface area contributed by atoms with E-state index in [4.69, 9.17) is 0 Å². The maximum Gasteiger partial charge on any atom is 0.146 e. The summed E-state index contributed by atoms with van der Waals surface area (Å²) in [5, 5.41) is 2.86. The van der Waals surface area contributed by atoms with Crippen molar-refractivity contribution in [1.29, 1.82) is 0 Å². The fourth-order valence-electron chi connectivity index (χ4n) is 1.74. The second-order valence-electron chi connectivity index (χ2n) is 3.57. The van der Waals surface area contributed by atoms with E-state index in [0.29, 0.717) is 17.7 Å². The second kappa shape index (κ2) is 2.77. The number of hydrogen-bond donors (Lipinski definition) is 1. The van der Waals surface area contributed by atoms with Crippen LogP contribution in [0, 0.1) is 5.82 Å². The minimum atomic E-state index is -1.45. The standard InChI is InChI=1S/C10H11F2N/c1-10(12)6-13-5-7-8(10)3-2-4-9(7)11/h2-4,13H,5-6H2,1H3. The van der Waals surface area contributed by atoms with E-state index in [-0.39, 0.29) is 12.4 Å². The van der Waals surface area contributed by atoms with Gasteiger partial charge in [0.25, 0.3) is 0 Å². The van der Waals surface area contributed by atoms with Crippen LogP contribution in [-0.4, -0.2) is 6.54 Å². The summed E-state index contributed by atoms with van der Waals surface area (Å²) in [7, 11) is 0. The zero-order chi connectivity index (χ0) is 9.47. The Morgan fingerprint density at radius 2 is 2.23 bits per heavy atom. The first-order valence-corrected chi connectivity index (χ1v) is 4.29. The van der Waals surface area contributed by atoms with Crippen LogP contribution in [0.25, 0.3) is 0 Å². The minimum Gasteiger partial charge on any atom is -0.309 e. The van der Waals surface area contributed by atoms with Crippen LogP contribution in [0.2, 0.25) is 0 Å². The third kappa shape index (κ3) is 1.33. The summed E-state index contributed by atoms with van der Waals surface area (Å²) in [6.45, 7) is 2.14. The molecule has 1 aliphatic rings. The molecule has 70 valence electrons. The molecule has 1 atom stereocenters. The van der Waals surface area contributed by atoms with Crippen LogP contribution in [0.15, 0.2) is 18.2 Å². The highest BCUT2D eigenvalue weighted by Gasteiger charge is 2.32. The highest BCUT2D eigenvalue weighted by molar-refractivity contribution is 5.35. The van der Waals surface area contributed by atoms with Gasteiger partial charge in [0.15, 0.2) is 0 Å². The van der Waals surface area contributed by atoms with Crippen molar-refractivity contribution in [2.75, 3.05) is 6.54 Å². The Bertz CT molecular complexity index is 334. The number of fused-ring (bicyclic) bond motifs is 1. The summed E-state index contributed by atoms with van der Waals surface area (Å²) < 4.78 is 27.0. The third-order valence-electron chi connectivity index (χ3n) is 2.44. The van der Waals surface area contributed by atoms with E-state index in [1.807, 2.05) is 0 Å². The quantitative estimate of drug-likeness (QED) is 0.649. The lowest BCUT2D eigenvalue weighted by Gasteiger charge is -2.29. The molecular weight excluding hydrogens is 172 g/mol. The summed E-state index contributed by atoms with van der Waals surface area (Å²) >= 11 is 0. The SMILES string of the molecule is CC1(F)CNCc2c(F)cccc21. The normalized spacial score (nSPS) is 27.0. The van der Waals surface area contributed by atoms with Crippen molar-refractivity contribution in [3.05, 3.63) is 35.1 Å². The Balaban J connectivity index is 2.58. The van der Waals surface area contributed by atoms with Crippen LogP contribution < -0.4 is 5.32 Å². The molecule has 0 bridgehead atoms. The molecule has 0 aliphatic carbocycles. The fourth-order valence-corrected chi connectivity index (χ4v) is 1.74. The van der Waals surface area contributed by atoms with Gasteiger partial charge in [0.1, 0.15) is 11.5 Å². The Hall–Kier alpha value is -0.960. The molecule has 1 heterocycles. The molecule has 1 nitrogen and oxygen atoms in total. The third-order valence-corrected chi connectivity index (χ3v) is 2.44. The van der Waals surface area contributed by atoms with E-state index in [1.54, 1.807) is 12.1 Å². The molecule has 1 unspecified atom stereocenters. The van der Waals surface area contributed by atoms with Crippen molar-refractivity contribution in [1.82, 2.24) is 5.32 Å². The van der Waals surface area contributed by atoms with Gasteiger partial charge >= 0.3 is 0 Å². The predicted octanol–water partition coefficient (Wildman–Crippen LogP) is 2.11. The molecule has 0 saturated heterocycles. The van der Waals surface area contributed by atoms with Gasteiger partial charge in [0.2, 0.25) is 0 Å². The average molecular weight is 183 g/mol. The van der Waals surface area contributed by atoms with Gasteiger partial charge in [0.05, 0.1) is 0 Å². The Morgan fingerprint density at radius 3 is 2.92 bits per heavy atom. The first-order chi connectivity index (χ1) is 6.11. The molecule has 1 N–H and O–H groups in total. The van der Waals surface area contributed by atoms with Gasteiger partial charge in [-0.2, -0.15) is 0 Å². The van der Waals surface area contributed by atoms with Gasteiger partial charge in [-0.25, -0.2) is 8.78 Å². The van der Waals surface area contributed by atoms with Crippen LogP contribution in [-0.2, 0) is 12.2 Å². The number of nitrogens with one attached hydrogen (secondary N) is 1. The van der Waals surface area contributed by atoms with Crippen molar-refractivity contribution < 1.29 is 8.78 Å². The highest BCUT2D eigenvalue weighted by atomic mass is 19.1. The predicted molar refractivity (Wildman–Crippen MR) is 46.6 cm³/mol. The zero-order valence-electron chi connectivity index (χ0n) is 7.40. The van der Waals surface area contributed by atoms with Crippen LogP contribution in [0.1, 0.15) is 18.1 Å². The maximum atomic E-state index is 13.8. The van der Waals surface area contributed by atoms with Gasteiger partial charge in [0, 0.05) is 18.7 Å². The molecule has 3 heteroatoms. The van der Waals surface area contributed by atoms with Crippen molar-refractivity contribution in [2.24, 2.45) is 0 Å². The summed E-state index contributed by atoms with van der Waals surface area (Å²) in [5.74, 6) is -0.325. The molecule has 0 fully saturated rings. The van der Waals surface area contributed by atoms with E-state index in [2.05, 4.69) is 5.32 Å². The highest BCUT2D eigenvalue weighted by Crippen LogP contribution is 2.32. The van der Waals surface area contributed by atoms with Gasteiger partial charge in [-0.3, -0.25) is 0 Å². The lowest BCUT2D eigenvalue weighted by molar-refractivity contribution is 0.171. The molecule has 1 aromatic rings. The molecule has 13 heavy (non-hydrogen) atoms. The van der Waals surface area contributed by atoms with Crippen molar-refractivity contribution >= 4 is 0 Å². The van der Waals surface area contributed by atoms with Gasteiger partial charge in [-0.15, -0.1) is 0 Å². The van der Waals surface area contributed by atoms with Gasteiger partial charge in [-0.05, 0) is 18.6 Å². The van der Waals surface area contributed by atoms with E-state index in [1.165, 1.54) is 13.0 Å². The fraction of sp³-hybridized carbons (Fsp3) is 0.400. The number of halogens is 2. The molecule has 0 saturated carbocycles. The summed E-state index contributed by atoms with van der Waals surface area (Å²) in [6.07, 6.45) is 0. The zero-order valence-corrected chi connectivity index (χ0v) is 7.40. The topological polar surface area (TPSA) is 12.0 Å². The first kappa shape index (κ1) is 8.63. The van der Waals surface area contributed by atoms with Crippen molar-refractivity contribution in [3.8, 4) is 0 Å². The van der Waals surface area contributed by atoms with E-state index in [9.17, 15) is 8.78 Å². The molecule has 0 amide bonds. The molecule has 0 radical (unpaired) electrons. The molecule has 0 spiro atoms. The largest absolute Gasteiger partial charge is 0.309 e. The van der Waals surface area contributed by atoms with Gasteiger partial charge in [-0.1, -0.05) is 12.1 Å². The summed E-state index contributed by atoms with van der Waals surface area (Å²) in [6, 6.07) is 4.57. The van der Waals surface area contributed by atoms with Crippen LogP contribution >= 0.6 is 0 Å². The second-order valence-corrected chi connectivity index (χ2v) is 3.57. The first-order valence-electron chi connectivity index (χ1n) is 4.29. The molecular formula is C10H11F2N. The van der Waals surface area contributed by atoms with Crippen LogP contribution in [0.4, 0.5) is 8.78 Å². The van der Waals surface area contributed by atoms with Crippen LogP contribution in [0.3, 0.4) is 0 Å². The summed E-state index contributed by atoms with van der Waals surface area (Å²) in [4.78, 5) is 0. The number of benzene rings is 1. The number of hydrogen-bond acceptors (Lipinski definition) is 1. The van der Waals surface area contributed by atoms with E-state index in [0.717, 1.165) is 0 Å². The van der Waals surface area contributed by atoms with E-state index >= 15 is 0 Å². The number of alkyl halides is 1. The Kier molecular flexibility index (Phi) is 1.84. The summed E-state index contributed by atoms with van der Waals surface area (Å²) in [5.41, 5.74) is -0.514. The van der Waals surface area contributed by atoms with Crippen molar-refractivity contribution in [2.45, 2.75) is 19.1 Å². The lowest BCUT2D eigenvalue weighted by Crippen LogP contribution is -2.38. The Morgan fingerprint density at radius 1 is 1.46 bits per heavy atom. The molecule has 0 aromatic heterocycles.